The van der Waals surface area contributed by atoms with Crippen molar-refractivity contribution in [2.75, 3.05) is 39.4 Å². The molecule has 526 valence electrons. The molecule has 95 heavy (non-hydrogen) atoms. The monoisotopic (exact) mass is 1340 g/mol. The minimum atomic E-state index is -1.76. The first-order valence-electron chi connectivity index (χ1n) is 31.2. The molecule has 2 aliphatic rings. The Morgan fingerprint density at radius 1 is 0.621 bits per heavy atom. The standard InChI is InChI=1S/C59H94N20O16/c1-7-17-36(61)49(87)76-44(34(5)82)56(94)72-38(20-11-13-24-60)51(89)73-40(28-59(6)77-78-59)53(91)67-31(2)46(84)70-39(22-15-26-66-58(63)64)50(88)71-37(21-12-14-25-65-48(86)35-18-9-8-10-19-35)52(90)75-42(30-81)54(92)69-33(4)57(95)79-27-16-23-43(79)55(93)68-32(3)47(85)74-41(29-80)45(62)83/h1,8-10,18-19,31-34,36-44,80-82H,11-17,20-30,60-61H2,2-6H3,(H2,62,83)(H,65,86)(H,67,91)(H,68,93)(H,69,92)(H,70,84)(H,71,88)(H,72,94)(H,73,89)(H,74,85)(H,75,90)(H,76,87)(H4,63,64,66)/t31-,32-,33-,34+,36-,37-,38-,39-,40-,41-,42-,43-,44-/m0/s1. The molecule has 2 heterocycles. The number of aliphatic hydroxyl groups is 3. The zero-order valence-electron chi connectivity index (χ0n) is 54.0. The normalized spacial score (nSPS) is 17.3. The van der Waals surface area contributed by atoms with Crippen LogP contribution in [0, 0.1) is 17.8 Å². The van der Waals surface area contributed by atoms with Gasteiger partial charge in [-0.15, -0.1) is 12.3 Å². The molecule has 2 aliphatic heterocycles. The number of nitrogens with zero attached hydrogens (tertiary/aromatic N) is 3. The lowest BCUT2D eigenvalue weighted by molar-refractivity contribution is -0.142. The van der Waals surface area contributed by atoms with Gasteiger partial charge in [-0.1, -0.05) is 18.2 Å². The van der Waals surface area contributed by atoms with Gasteiger partial charge in [-0.05, 0) is 118 Å². The topological polar surface area (TPSA) is 583 Å². The lowest BCUT2D eigenvalue weighted by atomic mass is 10.0. The van der Waals surface area contributed by atoms with Crippen LogP contribution in [0.5, 0.6) is 0 Å². The van der Waals surface area contributed by atoms with Crippen LogP contribution in [-0.4, -0.2) is 227 Å². The van der Waals surface area contributed by atoms with Crippen molar-refractivity contribution >= 4 is 82.8 Å². The zero-order valence-corrected chi connectivity index (χ0v) is 54.0. The van der Waals surface area contributed by atoms with Crippen LogP contribution in [0.25, 0.3) is 0 Å². The van der Waals surface area contributed by atoms with Crippen molar-refractivity contribution in [1.82, 2.24) is 68.7 Å². The van der Waals surface area contributed by atoms with Crippen LogP contribution in [-0.2, 0) is 57.5 Å². The van der Waals surface area contributed by atoms with E-state index in [1.165, 1.54) is 32.6 Å². The number of primary amides is 1. The molecule has 1 saturated heterocycles. The Hall–Kier alpha value is -9.44. The van der Waals surface area contributed by atoms with E-state index in [4.69, 9.17) is 34.8 Å². The van der Waals surface area contributed by atoms with Crippen molar-refractivity contribution in [3.63, 3.8) is 0 Å². The third-order valence-corrected chi connectivity index (χ3v) is 15.2. The Balaban J connectivity index is 1.86. The van der Waals surface area contributed by atoms with Gasteiger partial charge in [0, 0.05) is 38.0 Å². The Morgan fingerprint density at radius 3 is 1.64 bits per heavy atom. The second-order valence-corrected chi connectivity index (χ2v) is 23.3. The number of likely N-dealkylation sites (tertiary alicyclic amines) is 1. The molecular weight excluding hydrogens is 1240 g/mol. The first kappa shape index (κ1) is 79.8. The van der Waals surface area contributed by atoms with E-state index in [2.05, 4.69) is 80.0 Å². The van der Waals surface area contributed by atoms with Crippen LogP contribution in [0.2, 0.25) is 0 Å². The number of amides is 13. The first-order valence-corrected chi connectivity index (χ1v) is 31.2. The highest BCUT2D eigenvalue weighted by Gasteiger charge is 2.43. The van der Waals surface area contributed by atoms with Crippen LogP contribution in [0.3, 0.4) is 0 Å². The number of terminal acetylenes is 1. The molecule has 0 aliphatic carbocycles. The van der Waals surface area contributed by atoms with Gasteiger partial charge in [0.25, 0.3) is 5.91 Å². The number of benzene rings is 1. The average molecular weight is 1340 g/mol. The highest BCUT2D eigenvalue weighted by atomic mass is 16.3. The number of guanidine groups is 1. The molecule has 13 amide bonds. The SMILES string of the molecule is C#CC[C@H](N)C(=O)N[C@H](C(=O)N[C@@H](CCCCN)C(=O)N[C@@H](CC1(C)N=N1)C(=O)N[C@@H](C)C(=O)N[C@@H](CCCNC(=N)N)C(=O)N[C@@H](CCCCNC(=O)c1ccccc1)C(=O)N[C@@H](CO)C(=O)N[C@@H](C)C(=O)N1CCC[C@H]1C(=O)N[C@@H](C)C(=O)N[C@@H](CO)C(N)=O)[C@@H](C)O. The third kappa shape index (κ3) is 27.2. The van der Waals surface area contributed by atoms with E-state index in [-0.39, 0.29) is 89.9 Å². The summed E-state index contributed by atoms with van der Waals surface area (Å²) in [7, 11) is 0. The van der Waals surface area contributed by atoms with Gasteiger partial charge >= 0.3 is 0 Å². The second kappa shape index (κ2) is 40.0. The van der Waals surface area contributed by atoms with Gasteiger partial charge in [-0.25, -0.2) is 0 Å². The maximum atomic E-state index is 14.5. The molecule has 0 saturated carbocycles. The number of unbranched alkanes of at least 4 members (excludes halogenated alkanes) is 2. The van der Waals surface area contributed by atoms with Gasteiger partial charge in [-0.2, -0.15) is 10.2 Å². The molecule has 1 aromatic rings. The van der Waals surface area contributed by atoms with E-state index >= 15 is 0 Å². The molecule has 0 aromatic heterocycles. The summed E-state index contributed by atoms with van der Waals surface area (Å²) in [5.74, 6) is -9.61. The molecule has 0 unspecified atom stereocenters. The maximum Gasteiger partial charge on any atom is 0.251 e. The fourth-order valence-electron chi connectivity index (χ4n) is 9.60. The summed E-state index contributed by atoms with van der Waals surface area (Å²) in [5, 5.41) is 75.7. The smallest absolute Gasteiger partial charge is 0.251 e. The average Bonchev–Trinajstić information content (AvgIpc) is 1.71. The van der Waals surface area contributed by atoms with Crippen molar-refractivity contribution in [1.29, 1.82) is 5.41 Å². The Morgan fingerprint density at radius 2 is 1.11 bits per heavy atom. The van der Waals surface area contributed by atoms with Gasteiger partial charge in [0.2, 0.25) is 70.9 Å². The number of nitrogens with two attached hydrogens (primary N) is 4. The van der Waals surface area contributed by atoms with Crippen LogP contribution >= 0.6 is 0 Å². The maximum absolute atomic E-state index is 14.5. The van der Waals surface area contributed by atoms with Crippen LogP contribution in [0.4, 0.5) is 0 Å². The van der Waals surface area contributed by atoms with Gasteiger partial charge in [0.1, 0.15) is 66.5 Å². The summed E-state index contributed by atoms with van der Waals surface area (Å²) in [5.41, 5.74) is 21.4. The highest BCUT2D eigenvalue weighted by molar-refractivity contribution is 6.00. The van der Waals surface area contributed by atoms with E-state index in [1.54, 1.807) is 37.3 Å². The molecule has 36 heteroatoms. The molecule has 3 rings (SSSR count). The van der Waals surface area contributed by atoms with Crippen molar-refractivity contribution in [2.24, 2.45) is 33.2 Å². The van der Waals surface area contributed by atoms with Crippen molar-refractivity contribution in [3.05, 3.63) is 35.9 Å². The van der Waals surface area contributed by atoms with E-state index in [1.807, 2.05) is 0 Å². The molecule has 0 radical (unpaired) electrons. The van der Waals surface area contributed by atoms with E-state index in [9.17, 15) is 77.6 Å². The number of hydrogen-bond acceptors (Lipinski definition) is 21. The molecule has 24 N–H and O–H groups in total. The quantitative estimate of drug-likeness (QED) is 0.0125. The van der Waals surface area contributed by atoms with Crippen LogP contribution in [0.1, 0.15) is 122 Å². The number of carbonyl (C=O) groups is 13. The largest absolute Gasteiger partial charge is 0.394 e. The summed E-state index contributed by atoms with van der Waals surface area (Å²) in [6.07, 6.45) is 4.65. The summed E-state index contributed by atoms with van der Waals surface area (Å²) < 4.78 is 0. The Kier molecular flexibility index (Phi) is 33.6. The Bertz CT molecular complexity index is 2930. The van der Waals surface area contributed by atoms with Crippen molar-refractivity contribution in [3.8, 4) is 12.3 Å². The number of carbonyl (C=O) groups excluding carboxylic acids is 13. The van der Waals surface area contributed by atoms with Gasteiger partial charge in [0.05, 0.1) is 25.4 Å². The highest BCUT2D eigenvalue weighted by Crippen LogP contribution is 2.32. The molecule has 1 fully saturated rings. The minimum Gasteiger partial charge on any atom is -0.394 e. The number of rotatable bonds is 42. The zero-order chi connectivity index (χ0) is 71.1. The predicted molar refractivity (Wildman–Crippen MR) is 340 cm³/mol. The van der Waals surface area contributed by atoms with Crippen LogP contribution < -0.4 is 86.7 Å². The van der Waals surface area contributed by atoms with Crippen LogP contribution in [0.15, 0.2) is 40.6 Å². The number of hydrogen-bond donors (Lipinski definition) is 20. The molecule has 1 aromatic carbocycles. The van der Waals surface area contributed by atoms with E-state index < -0.39 is 174 Å². The predicted octanol–water partition coefficient (Wildman–Crippen LogP) is -7.35. The second-order valence-electron chi connectivity index (χ2n) is 23.3. The van der Waals surface area contributed by atoms with E-state index in [0.717, 1.165) is 0 Å². The number of aliphatic hydroxyl groups excluding tert-OH is 3. The molecule has 13 atom stereocenters. The summed E-state index contributed by atoms with van der Waals surface area (Å²) in [6, 6.07) is -8.79. The first-order chi connectivity index (χ1) is 44.9. The van der Waals surface area contributed by atoms with Crippen molar-refractivity contribution in [2.45, 2.75) is 196 Å². The molecule has 0 bridgehead atoms. The molecular formula is C59H94N20O16. The fraction of sp³-hybridized carbons (Fsp3) is 0.627. The number of nitrogens with one attached hydrogen (secondary N) is 13. The van der Waals surface area contributed by atoms with Gasteiger partial charge < -0.3 is 107 Å². The van der Waals surface area contributed by atoms with Crippen molar-refractivity contribution < 1.29 is 77.6 Å². The minimum absolute atomic E-state index is 0.0166. The lowest BCUT2D eigenvalue weighted by Crippen LogP contribution is -2.61. The summed E-state index contributed by atoms with van der Waals surface area (Å²) in [6.45, 7) is 5.20. The molecule has 0 spiro atoms. The van der Waals surface area contributed by atoms with Gasteiger partial charge in [-0.3, -0.25) is 67.7 Å². The fourth-order valence-corrected chi connectivity index (χ4v) is 9.60. The van der Waals surface area contributed by atoms with E-state index in [0.29, 0.717) is 24.8 Å². The van der Waals surface area contributed by atoms with Gasteiger partial charge in [0.15, 0.2) is 11.6 Å². The summed E-state index contributed by atoms with van der Waals surface area (Å²) >= 11 is 0. The summed E-state index contributed by atoms with van der Waals surface area (Å²) in [4.78, 5) is 177. The third-order valence-electron chi connectivity index (χ3n) is 15.2. The Labute approximate surface area is 549 Å². The molecule has 36 nitrogen and oxygen atoms in total. The lowest BCUT2D eigenvalue weighted by Gasteiger charge is -2.29.